The van der Waals surface area contributed by atoms with Crippen LogP contribution in [0, 0.1) is 13.8 Å². The van der Waals surface area contributed by atoms with E-state index in [-0.39, 0.29) is 0 Å². The lowest BCUT2D eigenvalue weighted by Crippen LogP contribution is -2.47. The van der Waals surface area contributed by atoms with E-state index >= 15 is 0 Å². The first kappa shape index (κ1) is 28.3. The molecule has 2 atom stereocenters. The number of nitrogens with one attached hydrogen (secondary N) is 1. The molecule has 9 heteroatoms. The van der Waals surface area contributed by atoms with E-state index in [2.05, 4.69) is 53.3 Å². The fourth-order valence-electron chi connectivity index (χ4n) is 4.14. The number of carbonyl (C=O) groups is 1. The minimum atomic E-state index is -1.00. The largest absolute Gasteiger partial charge is 0.467 e. The van der Waals surface area contributed by atoms with Crippen LogP contribution in [0.1, 0.15) is 49.9 Å². The van der Waals surface area contributed by atoms with Gasteiger partial charge in [0.15, 0.2) is 6.23 Å². The molecule has 0 radical (unpaired) electrons. The van der Waals surface area contributed by atoms with E-state index in [1.54, 1.807) is 0 Å². The Balaban J connectivity index is 1.86. The summed E-state index contributed by atoms with van der Waals surface area (Å²) in [7, 11) is 0. The van der Waals surface area contributed by atoms with Crippen molar-refractivity contribution < 1.29 is 24.3 Å². The van der Waals surface area contributed by atoms with E-state index in [0.29, 0.717) is 23.9 Å². The van der Waals surface area contributed by atoms with Crippen molar-refractivity contribution in [2.45, 2.75) is 66.8 Å². The summed E-state index contributed by atoms with van der Waals surface area (Å²) in [5.74, 6) is 0.835. The fraction of sp³-hybridized carbons (Fsp3) is 0.464. The summed E-state index contributed by atoms with van der Waals surface area (Å²) in [6.07, 6.45) is -1.34. The van der Waals surface area contributed by atoms with Crippen LogP contribution >= 0.6 is 0 Å². The molecule has 1 aromatic heterocycles. The Kier molecular flexibility index (Phi) is 9.79. The summed E-state index contributed by atoms with van der Waals surface area (Å²) in [5.41, 5.74) is 5.75. The predicted molar refractivity (Wildman–Crippen MR) is 142 cm³/mol. The van der Waals surface area contributed by atoms with Crippen molar-refractivity contribution in [1.29, 1.82) is 0 Å². The van der Waals surface area contributed by atoms with Gasteiger partial charge in [0.05, 0.1) is 0 Å². The molecule has 0 aliphatic heterocycles. The van der Waals surface area contributed by atoms with Crippen molar-refractivity contribution in [3.8, 4) is 28.6 Å². The highest BCUT2D eigenvalue weighted by molar-refractivity contribution is 5.77. The van der Waals surface area contributed by atoms with Gasteiger partial charge in [-0.1, -0.05) is 32.0 Å². The van der Waals surface area contributed by atoms with E-state index in [4.69, 9.17) is 14.4 Å². The first-order valence-electron chi connectivity index (χ1n) is 12.7. The number of hydrogen-bond acceptors (Lipinski definition) is 8. The van der Waals surface area contributed by atoms with Crippen LogP contribution in [0.25, 0.3) is 22.8 Å². The zero-order valence-electron chi connectivity index (χ0n) is 22.5. The van der Waals surface area contributed by atoms with Crippen LogP contribution < -0.4 is 10.1 Å². The quantitative estimate of drug-likeness (QED) is 0.316. The molecule has 0 saturated heterocycles. The molecule has 0 saturated carbocycles. The van der Waals surface area contributed by atoms with E-state index in [1.807, 2.05) is 32.0 Å². The first-order valence-corrected chi connectivity index (χ1v) is 12.7. The third-order valence-corrected chi connectivity index (χ3v) is 6.42. The lowest BCUT2D eigenvalue weighted by atomic mass is 10.0. The molecular weight excluding hydrogens is 472 g/mol. The molecule has 3 N–H and O–H groups in total. The average molecular weight is 511 g/mol. The van der Waals surface area contributed by atoms with Gasteiger partial charge >= 0.3 is 0 Å². The Morgan fingerprint density at radius 1 is 1.08 bits per heavy atom. The van der Waals surface area contributed by atoms with E-state index < -0.39 is 24.8 Å². The van der Waals surface area contributed by atoms with Crippen LogP contribution in [0.2, 0.25) is 0 Å². The number of aliphatic hydroxyl groups is 2. The van der Waals surface area contributed by atoms with Crippen molar-refractivity contribution in [3.63, 3.8) is 0 Å². The maximum absolute atomic E-state index is 11.6. The second-order valence-electron chi connectivity index (χ2n) is 9.17. The van der Waals surface area contributed by atoms with Crippen molar-refractivity contribution in [2.24, 2.45) is 0 Å². The lowest BCUT2D eigenvalue weighted by Gasteiger charge is -2.25. The second kappa shape index (κ2) is 12.8. The third-order valence-electron chi connectivity index (χ3n) is 6.42. The van der Waals surface area contributed by atoms with Gasteiger partial charge in [-0.25, -0.2) is 0 Å². The van der Waals surface area contributed by atoms with Crippen molar-refractivity contribution in [1.82, 2.24) is 20.4 Å². The standard InChI is InChI=1S/C28H38N4O5/c1-7-20-14-23(13-18(5)25(20)36-27(19(6)34)29-24(35)16-33)26-30-28(37-31-26)21-10-11-22(17(4)12-21)15-32(8-2)9-3/h10-14,19,27,33-34H,7-9,15-16H2,1-6H3,(H,29,35)/t19?,27-/m0/s1. The van der Waals surface area contributed by atoms with E-state index in [1.165, 1.54) is 18.1 Å². The highest BCUT2D eigenvalue weighted by Crippen LogP contribution is 2.32. The number of amides is 1. The van der Waals surface area contributed by atoms with E-state index in [0.717, 1.165) is 41.9 Å². The summed E-state index contributed by atoms with van der Waals surface area (Å²) in [5, 5.41) is 25.8. The molecule has 0 aliphatic carbocycles. The molecule has 1 unspecified atom stereocenters. The summed E-state index contributed by atoms with van der Waals surface area (Å²) in [4.78, 5) is 18.7. The van der Waals surface area contributed by atoms with Gasteiger partial charge in [0.2, 0.25) is 11.7 Å². The zero-order valence-corrected chi connectivity index (χ0v) is 22.5. The smallest absolute Gasteiger partial charge is 0.258 e. The van der Waals surface area contributed by atoms with Gasteiger partial charge in [-0.2, -0.15) is 4.98 Å². The Morgan fingerprint density at radius 3 is 2.38 bits per heavy atom. The predicted octanol–water partition coefficient (Wildman–Crippen LogP) is 3.62. The molecule has 200 valence electrons. The van der Waals surface area contributed by atoms with Gasteiger partial charge in [-0.15, -0.1) is 0 Å². The number of ether oxygens (including phenoxy) is 1. The second-order valence-corrected chi connectivity index (χ2v) is 9.17. The minimum absolute atomic E-state index is 0.449. The molecule has 1 heterocycles. The number of benzene rings is 2. The van der Waals surface area contributed by atoms with Crippen LogP contribution in [0.3, 0.4) is 0 Å². The molecule has 0 aliphatic rings. The molecule has 2 aromatic carbocycles. The van der Waals surface area contributed by atoms with Crippen molar-refractivity contribution in [3.05, 3.63) is 52.6 Å². The third kappa shape index (κ3) is 6.94. The Hall–Kier alpha value is -3.27. The molecule has 1 amide bonds. The molecule has 37 heavy (non-hydrogen) atoms. The SMILES string of the molecule is CCc1cc(-c2noc(-c3ccc(CN(CC)CC)c(C)c3)n2)cc(C)c1O[C@H](NC(=O)CO)C(C)O. The Labute approximate surface area is 218 Å². The normalized spacial score (nSPS) is 13.0. The van der Waals surface area contributed by atoms with Crippen LogP contribution in [0.5, 0.6) is 5.75 Å². The summed E-state index contributed by atoms with van der Waals surface area (Å²) >= 11 is 0. The van der Waals surface area contributed by atoms with Gasteiger partial charge in [-0.05, 0) is 86.8 Å². The maximum Gasteiger partial charge on any atom is 0.258 e. The van der Waals surface area contributed by atoms with Gasteiger partial charge in [-0.3, -0.25) is 9.69 Å². The highest BCUT2D eigenvalue weighted by Gasteiger charge is 2.22. The monoisotopic (exact) mass is 510 g/mol. The van der Waals surface area contributed by atoms with Crippen molar-refractivity contribution in [2.75, 3.05) is 19.7 Å². The Morgan fingerprint density at radius 2 is 1.78 bits per heavy atom. The summed E-state index contributed by atoms with van der Waals surface area (Å²) in [6.45, 7) is 14.0. The molecule has 3 rings (SSSR count). The molecular formula is C28H38N4O5. The molecule has 0 fully saturated rings. The van der Waals surface area contributed by atoms with Gasteiger partial charge in [0, 0.05) is 17.7 Å². The number of nitrogens with zero attached hydrogens (tertiary/aromatic N) is 3. The van der Waals surface area contributed by atoms with Gasteiger partial charge < -0.3 is 24.8 Å². The molecule has 0 bridgehead atoms. The van der Waals surface area contributed by atoms with E-state index in [9.17, 15) is 9.90 Å². The highest BCUT2D eigenvalue weighted by atomic mass is 16.5. The van der Waals surface area contributed by atoms with Crippen LogP contribution in [0.15, 0.2) is 34.9 Å². The fourth-order valence-corrected chi connectivity index (χ4v) is 4.14. The van der Waals surface area contributed by atoms with Crippen molar-refractivity contribution >= 4 is 5.91 Å². The number of aryl methyl sites for hydroxylation is 3. The average Bonchev–Trinajstić information content (AvgIpc) is 3.38. The number of hydrogen-bond donors (Lipinski definition) is 3. The number of carbonyl (C=O) groups excluding carboxylic acids is 1. The topological polar surface area (TPSA) is 121 Å². The number of rotatable bonds is 12. The molecule has 9 nitrogen and oxygen atoms in total. The lowest BCUT2D eigenvalue weighted by molar-refractivity contribution is -0.128. The van der Waals surface area contributed by atoms with Crippen LogP contribution in [-0.4, -0.2) is 63.2 Å². The molecule has 3 aromatic rings. The molecule has 0 spiro atoms. The summed E-state index contributed by atoms with van der Waals surface area (Å²) < 4.78 is 11.6. The zero-order chi connectivity index (χ0) is 27.1. The number of aliphatic hydroxyl groups excluding tert-OH is 2. The maximum atomic E-state index is 11.6. The van der Waals surface area contributed by atoms with Gasteiger partial charge in [0.1, 0.15) is 18.5 Å². The number of aromatic nitrogens is 2. The van der Waals surface area contributed by atoms with Crippen LogP contribution in [-0.2, 0) is 17.8 Å². The summed E-state index contributed by atoms with van der Waals surface area (Å²) in [6, 6.07) is 10.0. The minimum Gasteiger partial charge on any atom is -0.467 e. The Bertz CT molecular complexity index is 1200. The van der Waals surface area contributed by atoms with Gasteiger partial charge in [0.25, 0.3) is 5.89 Å². The first-order chi connectivity index (χ1) is 17.7. The van der Waals surface area contributed by atoms with Crippen LogP contribution in [0.4, 0.5) is 0 Å².